The van der Waals surface area contributed by atoms with Crippen LogP contribution in [0.15, 0.2) is 55.0 Å². The van der Waals surface area contributed by atoms with Crippen molar-refractivity contribution in [2.24, 2.45) is 7.05 Å². The summed E-state index contributed by atoms with van der Waals surface area (Å²) in [7, 11) is 1.83. The number of aryl methyl sites for hydroxylation is 1. The average Bonchev–Trinajstić information content (AvgIpc) is 3.34. The highest BCUT2D eigenvalue weighted by atomic mass is 16.1. The summed E-state index contributed by atoms with van der Waals surface area (Å²) in [6, 6.07) is 12.3. The Hall–Kier alpha value is -2.86. The lowest BCUT2D eigenvalue weighted by molar-refractivity contribution is 0.0951. The second-order valence-electron chi connectivity index (χ2n) is 6.56. The largest absolute Gasteiger partial charge is 0.348 e. The molecule has 0 aliphatic heterocycles. The Bertz CT molecular complexity index is 861. The molecule has 0 saturated carbocycles. The molecular weight excluding hydrogens is 338 g/mol. The van der Waals surface area contributed by atoms with Gasteiger partial charge in [-0.25, -0.2) is 0 Å². The van der Waals surface area contributed by atoms with E-state index in [9.17, 15) is 4.79 Å². The summed E-state index contributed by atoms with van der Waals surface area (Å²) in [5.41, 5.74) is 2.93. The summed E-state index contributed by atoms with van der Waals surface area (Å²) >= 11 is 0. The standard InChI is InChI=1S/C21H27N5O/c1-4-25(5-2)16-18-10-8-17(9-11-18)14-22-20(27)19-15-23-24(3)21(19)26-12-6-7-13-26/h6-13,15H,4-5,14,16H2,1-3H3,(H,22,27). The summed E-state index contributed by atoms with van der Waals surface area (Å²) in [4.78, 5) is 15.0. The molecule has 3 rings (SSSR count). The first-order valence-electron chi connectivity index (χ1n) is 9.36. The van der Waals surface area contributed by atoms with Gasteiger partial charge in [0.05, 0.1) is 6.20 Å². The summed E-state index contributed by atoms with van der Waals surface area (Å²) in [5.74, 6) is 0.631. The molecule has 27 heavy (non-hydrogen) atoms. The quantitative estimate of drug-likeness (QED) is 0.668. The molecule has 1 aromatic carbocycles. The molecule has 0 aliphatic rings. The lowest BCUT2D eigenvalue weighted by atomic mass is 10.1. The molecule has 0 unspecified atom stereocenters. The second-order valence-corrected chi connectivity index (χ2v) is 6.56. The zero-order valence-electron chi connectivity index (χ0n) is 16.2. The Morgan fingerprint density at radius 3 is 2.33 bits per heavy atom. The van der Waals surface area contributed by atoms with E-state index in [0.29, 0.717) is 12.1 Å². The molecule has 2 aromatic heterocycles. The van der Waals surface area contributed by atoms with Crippen LogP contribution in [0.1, 0.15) is 35.3 Å². The number of amides is 1. The first kappa shape index (κ1) is 18.9. The fraction of sp³-hybridized carbons (Fsp3) is 0.333. The molecule has 3 aromatic rings. The highest BCUT2D eigenvalue weighted by Crippen LogP contribution is 2.14. The van der Waals surface area contributed by atoms with Crippen molar-refractivity contribution in [1.82, 2.24) is 24.6 Å². The third-order valence-electron chi connectivity index (χ3n) is 4.78. The molecule has 1 N–H and O–H groups in total. The third kappa shape index (κ3) is 4.46. The van der Waals surface area contributed by atoms with Gasteiger partial charge in [-0.3, -0.25) is 14.4 Å². The average molecular weight is 365 g/mol. The van der Waals surface area contributed by atoms with Gasteiger partial charge in [-0.15, -0.1) is 0 Å². The van der Waals surface area contributed by atoms with Crippen molar-refractivity contribution in [1.29, 1.82) is 0 Å². The van der Waals surface area contributed by atoms with Gasteiger partial charge in [0.15, 0.2) is 0 Å². The van der Waals surface area contributed by atoms with Gasteiger partial charge in [-0.2, -0.15) is 5.10 Å². The van der Waals surface area contributed by atoms with Crippen molar-refractivity contribution in [3.63, 3.8) is 0 Å². The molecule has 2 heterocycles. The minimum Gasteiger partial charge on any atom is -0.348 e. The minimum absolute atomic E-state index is 0.126. The predicted molar refractivity (Wildman–Crippen MR) is 107 cm³/mol. The molecule has 1 amide bonds. The maximum Gasteiger partial charge on any atom is 0.256 e. The Morgan fingerprint density at radius 1 is 1.07 bits per heavy atom. The number of rotatable bonds is 8. The number of hydrogen-bond acceptors (Lipinski definition) is 3. The van der Waals surface area contributed by atoms with Crippen LogP contribution in [0.3, 0.4) is 0 Å². The summed E-state index contributed by atoms with van der Waals surface area (Å²) in [6.07, 6.45) is 5.42. The van der Waals surface area contributed by atoms with Crippen LogP contribution in [0.5, 0.6) is 0 Å². The lowest BCUT2D eigenvalue weighted by Crippen LogP contribution is -2.24. The Morgan fingerprint density at radius 2 is 1.70 bits per heavy atom. The normalized spacial score (nSPS) is 11.1. The molecule has 0 spiro atoms. The molecule has 0 radical (unpaired) electrons. The molecule has 6 heteroatoms. The van der Waals surface area contributed by atoms with Gasteiger partial charge in [0, 0.05) is 32.5 Å². The van der Waals surface area contributed by atoms with Gasteiger partial charge in [0.1, 0.15) is 11.4 Å². The highest BCUT2D eigenvalue weighted by Gasteiger charge is 2.17. The van der Waals surface area contributed by atoms with Gasteiger partial charge >= 0.3 is 0 Å². The molecule has 0 atom stereocenters. The molecule has 0 aliphatic carbocycles. The maximum absolute atomic E-state index is 12.7. The lowest BCUT2D eigenvalue weighted by Gasteiger charge is -2.18. The first-order chi connectivity index (χ1) is 13.1. The Balaban J connectivity index is 1.63. The van der Waals surface area contributed by atoms with Crippen LogP contribution in [0.4, 0.5) is 0 Å². The fourth-order valence-electron chi connectivity index (χ4n) is 3.12. The van der Waals surface area contributed by atoms with Crippen molar-refractivity contribution >= 4 is 5.91 Å². The number of nitrogens with zero attached hydrogens (tertiary/aromatic N) is 4. The number of benzene rings is 1. The van der Waals surface area contributed by atoms with Crippen LogP contribution < -0.4 is 5.32 Å². The van der Waals surface area contributed by atoms with Gasteiger partial charge in [-0.05, 0) is 36.3 Å². The van der Waals surface area contributed by atoms with E-state index in [0.717, 1.165) is 31.0 Å². The van der Waals surface area contributed by atoms with Crippen molar-refractivity contribution in [3.05, 3.63) is 71.7 Å². The zero-order chi connectivity index (χ0) is 19.2. The number of aromatic nitrogens is 3. The smallest absolute Gasteiger partial charge is 0.256 e. The van der Waals surface area contributed by atoms with Crippen molar-refractivity contribution in [2.45, 2.75) is 26.9 Å². The van der Waals surface area contributed by atoms with Gasteiger partial charge in [0.2, 0.25) is 0 Å². The van der Waals surface area contributed by atoms with E-state index >= 15 is 0 Å². The van der Waals surface area contributed by atoms with Crippen LogP contribution in [0, 0.1) is 0 Å². The summed E-state index contributed by atoms with van der Waals surface area (Å²) in [5, 5.41) is 7.23. The van der Waals surface area contributed by atoms with E-state index in [4.69, 9.17) is 0 Å². The van der Waals surface area contributed by atoms with Crippen molar-refractivity contribution in [2.75, 3.05) is 13.1 Å². The Labute approximate surface area is 160 Å². The van der Waals surface area contributed by atoms with Crippen LogP contribution in [-0.4, -0.2) is 38.2 Å². The van der Waals surface area contributed by atoms with Crippen molar-refractivity contribution in [3.8, 4) is 5.82 Å². The number of carbonyl (C=O) groups excluding carboxylic acids is 1. The molecule has 6 nitrogen and oxygen atoms in total. The van der Waals surface area contributed by atoms with E-state index < -0.39 is 0 Å². The topological polar surface area (TPSA) is 55.1 Å². The minimum atomic E-state index is -0.126. The predicted octanol–water partition coefficient (Wildman–Crippen LogP) is 2.98. The monoisotopic (exact) mass is 365 g/mol. The van der Waals surface area contributed by atoms with Crippen molar-refractivity contribution < 1.29 is 4.79 Å². The zero-order valence-corrected chi connectivity index (χ0v) is 16.2. The third-order valence-corrected chi connectivity index (χ3v) is 4.78. The number of hydrogen-bond donors (Lipinski definition) is 1. The fourth-order valence-corrected chi connectivity index (χ4v) is 3.12. The molecular formula is C21H27N5O. The highest BCUT2D eigenvalue weighted by molar-refractivity contribution is 5.97. The van der Waals surface area contributed by atoms with Crippen LogP contribution in [-0.2, 0) is 20.1 Å². The van der Waals surface area contributed by atoms with Gasteiger partial charge in [-0.1, -0.05) is 38.1 Å². The van der Waals surface area contributed by atoms with E-state index in [1.165, 1.54) is 5.56 Å². The van der Waals surface area contributed by atoms with Gasteiger partial charge in [0.25, 0.3) is 5.91 Å². The second kappa shape index (κ2) is 8.68. The van der Waals surface area contributed by atoms with E-state index in [1.54, 1.807) is 10.9 Å². The van der Waals surface area contributed by atoms with E-state index in [1.807, 2.05) is 36.1 Å². The maximum atomic E-state index is 12.7. The SMILES string of the molecule is CCN(CC)Cc1ccc(CNC(=O)c2cnn(C)c2-n2cccc2)cc1. The molecule has 0 bridgehead atoms. The van der Waals surface area contributed by atoms with Gasteiger partial charge < -0.3 is 9.88 Å². The van der Waals surface area contributed by atoms with Crippen LogP contribution in [0.2, 0.25) is 0 Å². The van der Waals surface area contributed by atoms with E-state index in [-0.39, 0.29) is 5.91 Å². The van der Waals surface area contributed by atoms with Crippen LogP contribution >= 0.6 is 0 Å². The van der Waals surface area contributed by atoms with E-state index in [2.05, 4.69) is 53.4 Å². The molecule has 0 fully saturated rings. The molecule has 0 saturated heterocycles. The summed E-state index contributed by atoms with van der Waals surface area (Å²) in [6.45, 7) is 7.88. The number of carbonyl (C=O) groups is 1. The Kier molecular flexibility index (Phi) is 6.08. The molecule has 142 valence electrons. The number of nitrogens with one attached hydrogen (secondary N) is 1. The first-order valence-corrected chi connectivity index (χ1v) is 9.36. The van der Waals surface area contributed by atoms with Crippen LogP contribution in [0.25, 0.3) is 5.82 Å². The summed E-state index contributed by atoms with van der Waals surface area (Å²) < 4.78 is 3.60.